The molecule has 0 aliphatic carbocycles. The standard InChI is InChI=1S/C29H30N2O/c1-5-6-7-8-12-19-32-24(3)13-10-9-11-18-29(4)20-26-27(21-30-28(26)31-22-29)25-16-14-23(2)15-17-25/h1,6-17,21-22,30H,3,18-20H2,2,4H3/b7-6-,11-9-,12-8-,13-10-. The van der Waals surface area contributed by atoms with Crippen LogP contribution in [0.15, 0.2) is 96.4 Å². The van der Waals surface area contributed by atoms with Crippen molar-refractivity contribution in [2.45, 2.75) is 26.7 Å². The molecule has 0 bridgehead atoms. The molecule has 162 valence electrons. The van der Waals surface area contributed by atoms with Gasteiger partial charge in [0.15, 0.2) is 0 Å². The van der Waals surface area contributed by atoms with Gasteiger partial charge in [-0.3, -0.25) is 0 Å². The van der Waals surface area contributed by atoms with Gasteiger partial charge in [-0.15, -0.1) is 6.42 Å². The summed E-state index contributed by atoms with van der Waals surface area (Å²) in [5.74, 6) is 4.02. The molecule has 1 unspecified atom stereocenters. The number of allylic oxidation sites excluding steroid dienone is 7. The molecule has 0 saturated heterocycles. The van der Waals surface area contributed by atoms with E-state index in [2.05, 4.69) is 74.1 Å². The van der Waals surface area contributed by atoms with Crippen LogP contribution in [0.5, 0.6) is 0 Å². The topological polar surface area (TPSA) is 37.4 Å². The van der Waals surface area contributed by atoms with E-state index < -0.39 is 0 Å². The fourth-order valence-electron chi connectivity index (χ4n) is 3.55. The monoisotopic (exact) mass is 422 g/mol. The molecule has 3 rings (SSSR count). The summed E-state index contributed by atoms with van der Waals surface area (Å²) >= 11 is 0. The van der Waals surface area contributed by atoms with Crippen LogP contribution >= 0.6 is 0 Å². The first-order valence-electron chi connectivity index (χ1n) is 10.8. The average molecular weight is 423 g/mol. The van der Waals surface area contributed by atoms with Crippen LogP contribution in [0, 0.1) is 24.7 Å². The minimum absolute atomic E-state index is 0.0246. The zero-order valence-electron chi connectivity index (χ0n) is 18.8. The lowest BCUT2D eigenvalue weighted by Crippen LogP contribution is -2.23. The van der Waals surface area contributed by atoms with Crippen LogP contribution < -0.4 is 0 Å². The molecule has 0 spiro atoms. The van der Waals surface area contributed by atoms with Crippen molar-refractivity contribution in [2.24, 2.45) is 10.4 Å². The van der Waals surface area contributed by atoms with Gasteiger partial charge in [0.05, 0.1) is 0 Å². The first-order chi connectivity index (χ1) is 15.5. The van der Waals surface area contributed by atoms with Gasteiger partial charge in [0.2, 0.25) is 0 Å². The Morgan fingerprint density at radius 3 is 2.78 bits per heavy atom. The van der Waals surface area contributed by atoms with Gasteiger partial charge in [0.1, 0.15) is 18.2 Å². The zero-order valence-corrected chi connectivity index (χ0v) is 18.8. The molecule has 1 aromatic carbocycles. The van der Waals surface area contributed by atoms with E-state index in [-0.39, 0.29) is 5.41 Å². The molecule has 1 N–H and O–H groups in total. The van der Waals surface area contributed by atoms with Gasteiger partial charge in [-0.1, -0.05) is 79.6 Å². The average Bonchev–Trinajstić information content (AvgIpc) is 3.19. The molecule has 3 nitrogen and oxygen atoms in total. The minimum Gasteiger partial charge on any atom is -0.490 e. The normalized spacial score (nSPS) is 18.0. The summed E-state index contributed by atoms with van der Waals surface area (Å²) in [7, 11) is 0. The molecule has 0 saturated carbocycles. The number of terminal acetylenes is 1. The number of aromatic nitrogens is 1. The summed E-state index contributed by atoms with van der Waals surface area (Å²) in [5.41, 5.74) is 5.00. The Labute approximate surface area is 191 Å². The SMILES string of the molecule is C#C/C=C\C=C/COC(=C)/C=C\C=C/CC1(C)C=Nc2[nH]cc(-c3ccc(C)cc3)c2C1. The van der Waals surface area contributed by atoms with Crippen LogP contribution in [0.4, 0.5) is 5.82 Å². The largest absolute Gasteiger partial charge is 0.490 e. The third-order valence-corrected chi connectivity index (χ3v) is 5.33. The molecule has 0 fully saturated rings. The van der Waals surface area contributed by atoms with Gasteiger partial charge in [-0.05, 0) is 43.6 Å². The Kier molecular flexibility index (Phi) is 7.89. The minimum atomic E-state index is -0.0246. The highest BCUT2D eigenvalue weighted by Crippen LogP contribution is 2.40. The lowest BCUT2D eigenvalue weighted by Gasteiger charge is -2.27. The first kappa shape index (κ1) is 22.9. The van der Waals surface area contributed by atoms with Crippen LogP contribution in [0.2, 0.25) is 0 Å². The molecular formula is C29H30N2O. The number of nitrogens with one attached hydrogen (secondary N) is 1. The molecule has 1 aliphatic heterocycles. The van der Waals surface area contributed by atoms with Crippen molar-refractivity contribution in [1.82, 2.24) is 4.98 Å². The Hall–Kier alpha value is -3.77. The summed E-state index contributed by atoms with van der Waals surface area (Å²) in [6.07, 6.45) is 26.3. The Bertz CT molecular complexity index is 1120. The van der Waals surface area contributed by atoms with Crippen molar-refractivity contribution < 1.29 is 4.74 Å². The van der Waals surface area contributed by atoms with Crippen LogP contribution in [-0.2, 0) is 11.2 Å². The van der Waals surface area contributed by atoms with Crippen molar-refractivity contribution in [3.63, 3.8) is 0 Å². The number of aryl methyl sites for hydroxylation is 1. The molecule has 2 aromatic rings. The Morgan fingerprint density at radius 1 is 1.22 bits per heavy atom. The summed E-state index contributed by atoms with van der Waals surface area (Å²) in [4.78, 5) is 8.04. The maximum Gasteiger partial charge on any atom is 0.133 e. The second kappa shape index (κ2) is 11.0. The summed E-state index contributed by atoms with van der Waals surface area (Å²) < 4.78 is 5.52. The second-order valence-electron chi connectivity index (χ2n) is 8.21. The number of aromatic amines is 1. The van der Waals surface area contributed by atoms with E-state index in [1.54, 1.807) is 12.2 Å². The Balaban J connectivity index is 1.53. The second-order valence-corrected chi connectivity index (χ2v) is 8.21. The molecule has 32 heavy (non-hydrogen) atoms. The maximum atomic E-state index is 5.52. The fraction of sp³-hybridized carbons (Fsp3) is 0.207. The van der Waals surface area contributed by atoms with Crippen molar-refractivity contribution in [3.8, 4) is 23.5 Å². The van der Waals surface area contributed by atoms with E-state index in [0.717, 1.165) is 18.7 Å². The van der Waals surface area contributed by atoms with Gasteiger partial charge in [0.25, 0.3) is 0 Å². The highest BCUT2D eigenvalue weighted by molar-refractivity contribution is 5.80. The van der Waals surface area contributed by atoms with Crippen molar-refractivity contribution in [1.29, 1.82) is 0 Å². The molecule has 1 atom stereocenters. The fourth-order valence-corrected chi connectivity index (χ4v) is 3.55. The molecular weight excluding hydrogens is 392 g/mol. The first-order valence-corrected chi connectivity index (χ1v) is 10.8. The van der Waals surface area contributed by atoms with Gasteiger partial charge in [0, 0.05) is 29.0 Å². The Morgan fingerprint density at radius 2 is 2.00 bits per heavy atom. The maximum absolute atomic E-state index is 5.52. The number of H-pyrrole nitrogens is 1. The predicted octanol–water partition coefficient (Wildman–Crippen LogP) is 7.03. The third-order valence-electron chi connectivity index (χ3n) is 5.33. The van der Waals surface area contributed by atoms with Gasteiger partial charge in [-0.25, -0.2) is 4.99 Å². The molecule has 2 heterocycles. The molecule has 1 aliphatic rings. The molecule has 1 aromatic heterocycles. The lowest BCUT2D eigenvalue weighted by molar-refractivity contribution is 0.263. The molecule has 0 radical (unpaired) electrons. The van der Waals surface area contributed by atoms with E-state index in [9.17, 15) is 0 Å². The van der Waals surface area contributed by atoms with E-state index in [1.807, 2.05) is 30.4 Å². The highest BCUT2D eigenvalue weighted by Gasteiger charge is 2.29. The van der Waals surface area contributed by atoms with E-state index in [1.165, 1.54) is 22.3 Å². The number of fused-ring (bicyclic) bond motifs is 1. The number of benzene rings is 1. The zero-order chi connectivity index (χ0) is 22.8. The number of hydrogen-bond acceptors (Lipinski definition) is 2. The van der Waals surface area contributed by atoms with Crippen molar-refractivity contribution in [3.05, 3.63) is 103 Å². The van der Waals surface area contributed by atoms with Crippen LogP contribution in [0.3, 0.4) is 0 Å². The van der Waals surface area contributed by atoms with Crippen LogP contribution in [-0.4, -0.2) is 17.8 Å². The summed E-state index contributed by atoms with van der Waals surface area (Å²) in [6.45, 7) is 8.72. The van der Waals surface area contributed by atoms with E-state index >= 15 is 0 Å². The number of rotatable bonds is 9. The number of aliphatic imine (C=N–C) groups is 1. The highest BCUT2D eigenvalue weighted by atomic mass is 16.5. The van der Waals surface area contributed by atoms with Gasteiger partial charge >= 0.3 is 0 Å². The quantitative estimate of drug-likeness (QED) is 0.263. The number of nitrogens with zero attached hydrogens (tertiary/aromatic N) is 1. The van der Waals surface area contributed by atoms with E-state index in [0.29, 0.717) is 12.4 Å². The number of ether oxygens (including phenoxy) is 1. The number of hydrogen-bond donors (Lipinski definition) is 1. The van der Waals surface area contributed by atoms with Crippen LogP contribution in [0.1, 0.15) is 24.5 Å². The predicted molar refractivity (Wildman–Crippen MR) is 136 cm³/mol. The summed E-state index contributed by atoms with van der Waals surface area (Å²) in [6, 6.07) is 8.66. The van der Waals surface area contributed by atoms with Gasteiger partial charge in [-0.2, -0.15) is 0 Å². The smallest absolute Gasteiger partial charge is 0.133 e. The van der Waals surface area contributed by atoms with Gasteiger partial charge < -0.3 is 9.72 Å². The third kappa shape index (κ3) is 6.36. The van der Waals surface area contributed by atoms with Crippen molar-refractivity contribution in [2.75, 3.05) is 6.61 Å². The molecule has 0 amide bonds. The van der Waals surface area contributed by atoms with E-state index in [4.69, 9.17) is 16.2 Å². The van der Waals surface area contributed by atoms with Crippen LogP contribution in [0.25, 0.3) is 11.1 Å². The van der Waals surface area contributed by atoms with Crippen molar-refractivity contribution >= 4 is 12.0 Å². The molecule has 3 heteroatoms. The lowest BCUT2D eigenvalue weighted by atomic mass is 9.79. The summed E-state index contributed by atoms with van der Waals surface area (Å²) in [5, 5.41) is 0.